The summed E-state index contributed by atoms with van der Waals surface area (Å²) in [5, 5.41) is 10.8. The van der Waals surface area contributed by atoms with E-state index in [9.17, 15) is 9.00 Å². The van der Waals surface area contributed by atoms with Gasteiger partial charge in [-0.2, -0.15) is 0 Å². The minimum Gasteiger partial charge on any atom is -0.493 e. The summed E-state index contributed by atoms with van der Waals surface area (Å²) in [5.74, 6) is 0.0373. The number of nitrogens with one attached hydrogen (secondary N) is 2. The summed E-state index contributed by atoms with van der Waals surface area (Å²) in [6, 6.07) is 13.0. The number of aliphatic carboxylic acids is 1. The molecule has 0 saturated carbocycles. The first-order chi connectivity index (χ1) is 16.7. The van der Waals surface area contributed by atoms with Crippen LogP contribution in [0.1, 0.15) is 11.3 Å². The first kappa shape index (κ1) is 25.2. The number of aromatic nitrogens is 1. The van der Waals surface area contributed by atoms with Crippen molar-refractivity contribution in [2.75, 3.05) is 11.8 Å². The van der Waals surface area contributed by atoms with E-state index in [0.717, 1.165) is 5.69 Å². The van der Waals surface area contributed by atoms with Crippen LogP contribution in [0.15, 0.2) is 53.4 Å². The van der Waals surface area contributed by atoms with Crippen LogP contribution in [0, 0.1) is 6.92 Å². The zero-order valence-electron chi connectivity index (χ0n) is 18.4. The van der Waals surface area contributed by atoms with Crippen molar-refractivity contribution in [1.29, 1.82) is 0 Å². The molecule has 11 heteroatoms. The van der Waals surface area contributed by atoms with E-state index in [1.165, 1.54) is 13.2 Å². The summed E-state index contributed by atoms with van der Waals surface area (Å²) < 4.78 is 27.8. The Hall–Kier alpha value is -2.91. The van der Waals surface area contributed by atoms with E-state index in [0.29, 0.717) is 54.3 Å². The van der Waals surface area contributed by atoms with E-state index in [1.807, 2.05) is 6.92 Å². The normalized spacial score (nSPS) is 11.9. The molecule has 0 saturated heterocycles. The Bertz CT molecular complexity index is 1470. The number of carboxylic acid groups (broad SMARTS) is 1. The van der Waals surface area contributed by atoms with Gasteiger partial charge in [-0.05, 0) is 55.0 Å². The maximum atomic E-state index is 13.3. The molecule has 0 fully saturated rings. The molecule has 35 heavy (non-hydrogen) atoms. The largest absolute Gasteiger partial charge is 0.493 e. The van der Waals surface area contributed by atoms with Gasteiger partial charge in [0, 0.05) is 21.6 Å². The van der Waals surface area contributed by atoms with Crippen molar-refractivity contribution in [2.45, 2.75) is 18.2 Å². The van der Waals surface area contributed by atoms with Crippen molar-refractivity contribution in [2.24, 2.45) is 0 Å². The second kappa shape index (κ2) is 10.4. The predicted octanol–water partition coefficient (Wildman–Crippen LogP) is 7.00. The van der Waals surface area contributed by atoms with Crippen molar-refractivity contribution in [1.82, 2.24) is 4.98 Å². The van der Waals surface area contributed by atoms with Crippen molar-refractivity contribution in [3.63, 3.8) is 0 Å². The average Bonchev–Trinajstić information content (AvgIpc) is 3.09. The standard InChI is InChI=1S/C24H19Cl3N2O5S/c1-12-23(27)22-16(28-12)5-7-18(24(22)29-35(32)20-8-4-14(25)11-15(20)26)34-17-6-3-13(10-21(30)31)9-19(17)33-2/h3-9,11,28-29H,10H2,1-2H3,(H,30,31). The van der Waals surface area contributed by atoms with Crippen LogP contribution in [0.4, 0.5) is 5.69 Å². The van der Waals surface area contributed by atoms with Gasteiger partial charge in [-0.3, -0.25) is 9.52 Å². The number of carboxylic acids is 1. The number of fused-ring (bicyclic) bond motifs is 1. The van der Waals surface area contributed by atoms with Crippen LogP contribution >= 0.6 is 34.8 Å². The molecule has 0 aliphatic carbocycles. The number of halogens is 3. The van der Waals surface area contributed by atoms with E-state index in [1.54, 1.807) is 42.5 Å². The molecule has 3 N–H and O–H groups in total. The highest BCUT2D eigenvalue weighted by atomic mass is 35.5. The van der Waals surface area contributed by atoms with Gasteiger partial charge >= 0.3 is 5.97 Å². The van der Waals surface area contributed by atoms with Gasteiger partial charge in [0.2, 0.25) is 0 Å². The highest BCUT2D eigenvalue weighted by molar-refractivity contribution is 7.86. The lowest BCUT2D eigenvalue weighted by atomic mass is 10.1. The Balaban J connectivity index is 1.79. The Labute approximate surface area is 218 Å². The first-order valence-corrected chi connectivity index (χ1v) is 12.5. The molecule has 7 nitrogen and oxygen atoms in total. The SMILES string of the molecule is COc1cc(CC(=O)O)ccc1Oc1ccc2[nH]c(C)c(Cl)c2c1NS(=O)c1ccc(Cl)cc1Cl. The Kier molecular flexibility index (Phi) is 7.47. The minimum atomic E-state index is -1.78. The van der Waals surface area contributed by atoms with Crippen LogP contribution < -0.4 is 14.2 Å². The summed E-state index contributed by atoms with van der Waals surface area (Å²) in [7, 11) is -0.327. The van der Waals surface area contributed by atoms with Crippen LogP contribution in [0.2, 0.25) is 15.1 Å². The molecule has 4 rings (SSSR count). The van der Waals surface area contributed by atoms with Crippen molar-refractivity contribution >= 4 is 68.3 Å². The fourth-order valence-electron chi connectivity index (χ4n) is 3.52. The van der Waals surface area contributed by atoms with E-state index in [-0.39, 0.29) is 11.4 Å². The molecule has 1 unspecified atom stereocenters. The number of ether oxygens (including phenoxy) is 2. The smallest absolute Gasteiger partial charge is 0.307 e. The second-order valence-electron chi connectivity index (χ2n) is 7.53. The highest BCUT2D eigenvalue weighted by Gasteiger charge is 2.21. The van der Waals surface area contributed by atoms with Crippen LogP contribution in [0.3, 0.4) is 0 Å². The van der Waals surface area contributed by atoms with Gasteiger partial charge in [0.05, 0.1) is 28.5 Å². The lowest BCUT2D eigenvalue weighted by Gasteiger charge is -2.17. The molecule has 0 radical (unpaired) electrons. The zero-order chi connectivity index (χ0) is 25.3. The maximum absolute atomic E-state index is 13.3. The third-order valence-corrected chi connectivity index (χ3v) is 7.41. The molecule has 0 aliphatic heterocycles. The summed E-state index contributed by atoms with van der Waals surface area (Å²) >= 11 is 18.8. The Morgan fingerprint density at radius 1 is 1.06 bits per heavy atom. The molecule has 0 amide bonds. The number of hydrogen-bond acceptors (Lipinski definition) is 4. The number of anilines is 1. The van der Waals surface area contributed by atoms with Gasteiger partial charge in [-0.25, -0.2) is 4.21 Å². The summed E-state index contributed by atoms with van der Waals surface area (Å²) in [5.41, 5.74) is 2.37. The molecule has 0 spiro atoms. The number of aromatic amines is 1. The Morgan fingerprint density at radius 3 is 2.49 bits per heavy atom. The van der Waals surface area contributed by atoms with Gasteiger partial charge in [0.15, 0.2) is 28.2 Å². The van der Waals surface area contributed by atoms with Crippen molar-refractivity contribution in [3.8, 4) is 17.2 Å². The average molecular weight is 554 g/mol. The lowest BCUT2D eigenvalue weighted by Crippen LogP contribution is -2.07. The molecule has 0 bridgehead atoms. The minimum absolute atomic E-state index is 0.158. The lowest BCUT2D eigenvalue weighted by molar-refractivity contribution is -0.136. The molecule has 0 aliphatic rings. The summed E-state index contributed by atoms with van der Waals surface area (Å²) in [4.78, 5) is 14.6. The third-order valence-electron chi connectivity index (χ3n) is 5.13. The second-order valence-corrected chi connectivity index (χ2v) is 9.93. The van der Waals surface area contributed by atoms with Crippen LogP contribution in [0.25, 0.3) is 10.9 Å². The molecule has 1 heterocycles. The molecule has 3 aromatic carbocycles. The molecule has 4 aromatic rings. The number of rotatable bonds is 8. The number of aryl methyl sites for hydroxylation is 1. The number of hydrogen-bond donors (Lipinski definition) is 3. The number of benzene rings is 3. The van der Waals surface area contributed by atoms with Crippen LogP contribution in [0.5, 0.6) is 17.2 Å². The van der Waals surface area contributed by atoms with Gasteiger partial charge in [-0.1, -0.05) is 40.9 Å². The number of carbonyl (C=O) groups is 1. The number of H-pyrrole nitrogens is 1. The third kappa shape index (κ3) is 5.36. The molecular weight excluding hydrogens is 535 g/mol. The predicted molar refractivity (Wildman–Crippen MR) is 139 cm³/mol. The van der Waals surface area contributed by atoms with Crippen molar-refractivity contribution in [3.05, 3.63) is 74.9 Å². The first-order valence-electron chi connectivity index (χ1n) is 10.2. The quantitative estimate of drug-likeness (QED) is 0.218. The van der Waals surface area contributed by atoms with E-state index in [4.69, 9.17) is 49.4 Å². The van der Waals surface area contributed by atoms with E-state index < -0.39 is 17.0 Å². The summed E-state index contributed by atoms with van der Waals surface area (Å²) in [6.45, 7) is 1.82. The monoisotopic (exact) mass is 552 g/mol. The fraction of sp³-hybridized carbons (Fsp3) is 0.125. The van der Waals surface area contributed by atoms with Crippen LogP contribution in [-0.4, -0.2) is 27.4 Å². The van der Waals surface area contributed by atoms with E-state index in [2.05, 4.69) is 9.71 Å². The van der Waals surface area contributed by atoms with Gasteiger partial charge < -0.3 is 19.6 Å². The Morgan fingerprint density at radius 2 is 1.80 bits per heavy atom. The van der Waals surface area contributed by atoms with Gasteiger partial charge in [-0.15, -0.1) is 0 Å². The molecule has 182 valence electrons. The van der Waals surface area contributed by atoms with Gasteiger partial charge in [0.25, 0.3) is 0 Å². The van der Waals surface area contributed by atoms with Crippen LogP contribution in [-0.2, 0) is 22.2 Å². The number of methoxy groups -OCH3 is 1. The van der Waals surface area contributed by atoms with E-state index >= 15 is 0 Å². The molecule has 1 atom stereocenters. The van der Waals surface area contributed by atoms with Gasteiger partial charge in [0.1, 0.15) is 5.69 Å². The topological polar surface area (TPSA) is 101 Å². The summed E-state index contributed by atoms with van der Waals surface area (Å²) in [6.07, 6.45) is -0.158. The maximum Gasteiger partial charge on any atom is 0.307 e. The zero-order valence-corrected chi connectivity index (χ0v) is 21.5. The molecule has 1 aromatic heterocycles. The van der Waals surface area contributed by atoms with Crippen molar-refractivity contribution < 1.29 is 23.6 Å². The fourth-order valence-corrected chi connectivity index (χ4v) is 5.31. The highest BCUT2D eigenvalue weighted by Crippen LogP contribution is 2.43. The molecular formula is C24H19Cl3N2O5S.